The van der Waals surface area contributed by atoms with Crippen LogP contribution in [-0.4, -0.2) is 26.8 Å². The molecule has 0 saturated heterocycles. The van der Waals surface area contributed by atoms with E-state index in [0.717, 1.165) is 12.8 Å². The molecule has 1 aromatic heterocycles. The third kappa shape index (κ3) is 1.73. The van der Waals surface area contributed by atoms with Crippen molar-refractivity contribution in [2.24, 2.45) is 5.41 Å². The molecule has 1 aliphatic carbocycles. The minimum atomic E-state index is -1.24. The molecule has 0 spiro atoms. The first kappa shape index (κ1) is 10.9. The summed E-state index contributed by atoms with van der Waals surface area (Å²) in [6.45, 7) is 0. The van der Waals surface area contributed by atoms with E-state index in [1.54, 1.807) is 6.20 Å². The Balaban J connectivity index is 2.27. The van der Waals surface area contributed by atoms with E-state index in [1.807, 2.05) is 0 Å². The zero-order valence-corrected chi connectivity index (χ0v) is 8.90. The van der Waals surface area contributed by atoms with Gasteiger partial charge in [0, 0.05) is 19.0 Å². The van der Waals surface area contributed by atoms with E-state index < -0.39 is 11.4 Å². The second-order valence-electron chi connectivity index (χ2n) is 4.25. The molecule has 0 aliphatic heterocycles. The van der Waals surface area contributed by atoms with Crippen molar-refractivity contribution in [3.63, 3.8) is 0 Å². The molecule has 86 valence electrons. The van der Waals surface area contributed by atoms with Crippen molar-refractivity contribution in [3.05, 3.63) is 18.2 Å². The van der Waals surface area contributed by atoms with E-state index in [9.17, 15) is 14.7 Å². The standard InChI is InChI=1S/C11H14N2O3/c14-9-3-1-2-4-11(9,10(15)16)5-8-6-12-7-13-8/h6-7H,1-5H2,(H,12,13)(H,15,16). The number of H-pyrrole nitrogens is 1. The summed E-state index contributed by atoms with van der Waals surface area (Å²) in [6, 6.07) is 0. The van der Waals surface area contributed by atoms with Gasteiger partial charge in [-0.1, -0.05) is 6.42 Å². The number of imidazole rings is 1. The van der Waals surface area contributed by atoms with Crippen molar-refractivity contribution in [1.82, 2.24) is 9.97 Å². The zero-order valence-electron chi connectivity index (χ0n) is 8.90. The molecule has 16 heavy (non-hydrogen) atoms. The van der Waals surface area contributed by atoms with Crippen LogP contribution in [0, 0.1) is 5.41 Å². The first-order valence-electron chi connectivity index (χ1n) is 5.39. The number of rotatable bonds is 3. The van der Waals surface area contributed by atoms with Crippen LogP contribution in [-0.2, 0) is 16.0 Å². The Kier molecular flexibility index (Phi) is 2.77. The Hall–Kier alpha value is -1.65. The molecule has 1 saturated carbocycles. The number of carboxylic acid groups (broad SMARTS) is 1. The van der Waals surface area contributed by atoms with Gasteiger partial charge in [0.1, 0.15) is 5.41 Å². The van der Waals surface area contributed by atoms with Gasteiger partial charge in [-0.15, -0.1) is 0 Å². The topological polar surface area (TPSA) is 83.0 Å². The van der Waals surface area contributed by atoms with E-state index in [0.29, 0.717) is 18.5 Å². The summed E-state index contributed by atoms with van der Waals surface area (Å²) < 4.78 is 0. The molecule has 0 amide bonds. The zero-order chi connectivity index (χ0) is 11.6. The molecular weight excluding hydrogens is 208 g/mol. The highest BCUT2D eigenvalue weighted by Gasteiger charge is 2.47. The monoisotopic (exact) mass is 222 g/mol. The maximum atomic E-state index is 11.9. The number of aromatic nitrogens is 2. The smallest absolute Gasteiger partial charge is 0.317 e. The Morgan fingerprint density at radius 3 is 2.94 bits per heavy atom. The van der Waals surface area contributed by atoms with Crippen LogP contribution in [0.2, 0.25) is 0 Å². The lowest BCUT2D eigenvalue weighted by Gasteiger charge is -2.30. The Morgan fingerprint density at radius 1 is 1.56 bits per heavy atom. The minimum absolute atomic E-state index is 0.158. The van der Waals surface area contributed by atoms with Crippen molar-refractivity contribution < 1.29 is 14.7 Å². The lowest BCUT2D eigenvalue weighted by molar-refractivity contribution is -0.157. The molecule has 0 aromatic carbocycles. The summed E-state index contributed by atoms with van der Waals surface area (Å²) in [5.41, 5.74) is -0.606. The molecule has 0 radical (unpaired) electrons. The molecule has 2 rings (SSSR count). The van der Waals surface area contributed by atoms with Gasteiger partial charge in [-0.05, 0) is 12.8 Å². The van der Waals surface area contributed by atoms with E-state index >= 15 is 0 Å². The van der Waals surface area contributed by atoms with Crippen LogP contribution in [0.3, 0.4) is 0 Å². The second kappa shape index (κ2) is 4.08. The van der Waals surface area contributed by atoms with Crippen molar-refractivity contribution in [3.8, 4) is 0 Å². The van der Waals surface area contributed by atoms with Crippen molar-refractivity contribution in [2.45, 2.75) is 32.1 Å². The molecule has 1 unspecified atom stereocenters. The van der Waals surface area contributed by atoms with Crippen molar-refractivity contribution in [1.29, 1.82) is 0 Å². The van der Waals surface area contributed by atoms with Crippen LogP contribution in [0.25, 0.3) is 0 Å². The molecule has 1 aromatic rings. The predicted octanol–water partition coefficient (Wildman–Crippen LogP) is 1.17. The number of carbonyl (C=O) groups is 2. The lowest BCUT2D eigenvalue weighted by Crippen LogP contribution is -2.43. The molecule has 5 nitrogen and oxygen atoms in total. The first-order valence-corrected chi connectivity index (χ1v) is 5.39. The fourth-order valence-corrected chi connectivity index (χ4v) is 2.28. The number of ketones is 1. The molecule has 0 bridgehead atoms. The molecule has 5 heteroatoms. The summed E-state index contributed by atoms with van der Waals surface area (Å²) in [6.07, 6.45) is 5.73. The van der Waals surface area contributed by atoms with E-state index in [-0.39, 0.29) is 12.2 Å². The number of hydrogen-bond acceptors (Lipinski definition) is 3. The van der Waals surface area contributed by atoms with Crippen LogP contribution < -0.4 is 0 Å². The first-order chi connectivity index (χ1) is 7.65. The highest BCUT2D eigenvalue weighted by Crippen LogP contribution is 2.36. The third-order valence-corrected chi connectivity index (χ3v) is 3.24. The van der Waals surface area contributed by atoms with Crippen LogP contribution in [0.5, 0.6) is 0 Å². The molecule has 1 fully saturated rings. The maximum Gasteiger partial charge on any atom is 0.317 e. The average molecular weight is 222 g/mol. The largest absolute Gasteiger partial charge is 0.480 e. The normalized spacial score (nSPS) is 25.6. The molecular formula is C11H14N2O3. The molecule has 1 heterocycles. The second-order valence-corrected chi connectivity index (χ2v) is 4.25. The summed E-state index contributed by atoms with van der Waals surface area (Å²) in [4.78, 5) is 30.0. The minimum Gasteiger partial charge on any atom is -0.480 e. The predicted molar refractivity (Wildman–Crippen MR) is 55.8 cm³/mol. The molecule has 2 N–H and O–H groups in total. The number of nitrogens with one attached hydrogen (secondary N) is 1. The van der Waals surface area contributed by atoms with Crippen LogP contribution in [0.4, 0.5) is 0 Å². The third-order valence-electron chi connectivity index (χ3n) is 3.24. The Bertz CT molecular complexity index is 399. The SMILES string of the molecule is O=C(O)C1(Cc2c[nH]cn2)CCCCC1=O. The number of hydrogen-bond donors (Lipinski definition) is 2. The number of aromatic amines is 1. The summed E-state index contributed by atoms with van der Waals surface area (Å²) in [7, 11) is 0. The van der Waals surface area contributed by atoms with Gasteiger partial charge in [0.15, 0.2) is 5.78 Å². The van der Waals surface area contributed by atoms with Gasteiger partial charge in [-0.3, -0.25) is 9.59 Å². The highest BCUT2D eigenvalue weighted by atomic mass is 16.4. The Morgan fingerprint density at radius 2 is 2.38 bits per heavy atom. The van der Waals surface area contributed by atoms with Crippen LogP contribution in [0.15, 0.2) is 12.5 Å². The Labute approximate surface area is 92.9 Å². The van der Waals surface area contributed by atoms with Gasteiger partial charge in [-0.2, -0.15) is 0 Å². The highest BCUT2D eigenvalue weighted by molar-refractivity contribution is 6.03. The van der Waals surface area contributed by atoms with Crippen molar-refractivity contribution in [2.75, 3.05) is 0 Å². The molecule has 1 atom stereocenters. The number of carbonyl (C=O) groups excluding carboxylic acids is 1. The average Bonchev–Trinajstić information content (AvgIpc) is 2.74. The number of nitrogens with zero attached hydrogens (tertiary/aromatic N) is 1. The van der Waals surface area contributed by atoms with Gasteiger partial charge < -0.3 is 10.1 Å². The van der Waals surface area contributed by atoms with Gasteiger partial charge in [0.05, 0.1) is 12.0 Å². The molecule has 1 aliphatic rings. The number of carboxylic acids is 1. The number of aliphatic carboxylic acids is 1. The quantitative estimate of drug-likeness (QED) is 0.752. The summed E-state index contributed by atoms with van der Waals surface area (Å²) >= 11 is 0. The van der Waals surface area contributed by atoms with E-state index in [2.05, 4.69) is 9.97 Å². The van der Waals surface area contributed by atoms with Gasteiger partial charge in [0.25, 0.3) is 0 Å². The van der Waals surface area contributed by atoms with Crippen LogP contribution in [0.1, 0.15) is 31.4 Å². The maximum absolute atomic E-state index is 11.9. The van der Waals surface area contributed by atoms with E-state index in [4.69, 9.17) is 0 Å². The van der Waals surface area contributed by atoms with Crippen LogP contribution >= 0.6 is 0 Å². The van der Waals surface area contributed by atoms with Gasteiger partial charge in [-0.25, -0.2) is 4.98 Å². The lowest BCUT2D eigenvalue weighted by atomic mass is 9.70. The number of Topliss-reactive ketones (excluding diaryl/α,β-unsaturated/α-hetero) is 1. The fraction of sp³-hybridized carbons (Fsp3) is 0.545. The van der Waals surface area contributed by atoms with Crippen molar-refractivity contribution >= 4 is 11.8 Å². The van der Waals surface area contributed by atoms with Gasteiger partial charge >= 0.3 is 5.97 Å². The van der Waals surface area contributed by atoms with Gasteiger partial charge in [0.2, 0.25) is 0 Å². The summed E-state index contributed by atoms with van der Waals surface area (Å²) in [5.74, 6) is -1.17. The summed E-state index contributed by atoms with van der Waals surface area (Å²) in [5, 5.41) is 9.30. The fourth-order valence-electron chi connectivity index (χ4n) is 2.28. The van der Waals surface area contributed by atoms with E-state index in [1.165, 1.54) is 6.33 Å².